The summed E-state index contributed by atoms with van der Waals surface area (Å²) in [6.45, 7) is 2.66. The molecule has 1 aliphatic rings. The fourth-order valence-electron chi connectivity index (χ4n) is 5.36. The summed E-state index contributed by atoms with van der Waals surface area (Å²) in [5.41, 5.74) is -2.83. The van der Waals surface area contributed by atoms with Crippen LogP contribution in [0.3, 0.4) is 0 Å². The summed E-state index contributed by atoms with van der Waals surface area (Å²) in [6, 6.07) is 26.5. The zero-order chi connectivity index (χ0) is 35.5. The molecular formula is C35H41F2O11P. The molecule has 0 radical (unpaired) electrons. The topological polar surface area (TPSA) is 125 Å². The van der Waals surface area contributed by atoms with Gasteiger partial charge in [-0.25, -0.2) is 9.59 Å². The van der Waals surface area contributed by atoms with Crippen molar-refractivity contribution in [2.45, 2.75) is 76.5 Å². The molecule has 0 unspecified atom stereocenters. The van der Waals surface area contributed by atoms with Crippen LogP contribution in [0.2, 0.25) is 0 Å². The lowest BCUT2D eigenvalue weighted by atomic mass is 9.91. The number of rotatable bonds is 16. The second kappa shape index (κ2) is 17.4. The van der Waals surface area contributed by atoms with E-state index < -0.39 is 68.6 Å². The van der Waals surface area contributed by atoms with Crippen LogP contribution >= 0.6 is 7.60 Å². The Balaban J connectivity index is 1.92. The van der Waals surface area contributed by atoms with Crippen molar-refractivity contribution in [1.29, 1.82) is 0 Å². The third-order valence-corrected chi connectivity index (χ3v) is 9.82. The normalized spacial score (nSPS) is 22.7. The number of hydrogen-bond donors (Lipinski definition) is 0. The van der Waals surface area contributed by atoms with Crippen molar-refractivity contribution in [3.63, 3.8) is 0 Å². The van der Waals surface area contributed by atoms with Gasteiger partial charge < -0.3 is 37.5 Å². The van der Waals surface area contributed by atoms with E-state index >= 15 is 8.78 Å². The monoisotopic (exact) mass is 706 g/mol. The van der Waals surface area contributed by atoms with E-state index in [0.717, 1.165) is 12.7 Å². The van der Waals surface area contributed by atoms with Crippen LogP contribution in [-0.2, 0) is 71.4 Å². The Hall–Kier alpha value is -3.55. The molecule has 4 rings (SSSR count). The maximum atomic E-state index is 17.3. The maximum absolute atomic E-state index is 17.3. The van der Waals surface area contributed by atoms with Crippen molar-refractivity contribution in [2.75, 3.05) is 20.3 Å². The number of alkyl halides is 2. The lowest BCUT2D eigenvalue weighted by Crippen LogP contribution is -2.73. The highest BCUT2D eigenvalue weighted by Gasteiger charge is 2.79. The van der Waals surface area contributed by atoms with Gasteiger partial charge in [-0.3, -0.25) is 4.57 Å². The van der Waals surface area contributed by atoms with Crippen molar-refractivity contribution >= 4 is 19.5 Å². The number of esters is 2. The Morgan fingerprint density at radius 1 is 0.735 bits per heavy atom. The first-order valence-corrected chi connectivity index (χ1v) is 17.3. The molecule has 1 heterocycles. The molecular weight excluding hydrogens is 665 g/mol. The minimum Gasteiger partial charge on any atom is -0.461 e. The summed E-state index contributed by atoms with van der Waals surface area (Å²) < 4.78 is 93.5. The number of benzene rings is 3. The lowest BCUT2D eigenvalue weighted by molar-refractivity contribution is -0.405. The van der Waals surface area contributed by atoms with E-state index in [9.17, 15) is 14.2 Å². The van der Waals surface area contributed by atoms with Gasteiger partial charge in [0.15, 0.2) is 6.10 Å². The van der Waals surface area contributed by atoms with E-state index in [1.54, 1.807) is 60.7 Å². The van der Waals surface area contributed by atoms with Crippen LogP contribution in [0.4, 0.5) is 8.78 Å². The largest absolute Gasteiger partial charge is 0.461 e. The summed E-state index contributed by atoms with van der Waals surface area (Å²) in [6.07, 6.45) is -6.09. The van der Waals surface area contributed by atoms with Gasteiger partial charge in [-0.15, -0.1) is 0 Å². The molecule has 0 bridgehead atoms. The fourth-order valence-corrected chi connectivity index (χ4v) is 7.04. The third kappa shape index (κ3) is 8.79. The van der Waals surface area contributed by atoms with Crippen LogP contribution in [0.15, 0.2) is 91.0 Å². The van der Waals surface area contributed by atoms with Gasteiger partial charge in [0.25, 0.3) is 0 Å². The lowest BCUT2D eigenvalue weighted by Gasteiger charge is -2.53. The first-order chi connectivity index (χ1) is 23.5. The van der Waals surface area contributed by atoms with E-state index in [2.05, 4.69) is 4.74 Å². The Kier molecular flexibility index (Phi) is 13.6. The van der Waals surface area contributed by atoms with Crippen molar-refractivity contribution in [1.82, 2.24) is 0 Å². The highest BCUT2D eigenvalue weighted by Crippen LogP contribution is 2.68. The van der Waals surface area contributed by atoms with Gasteiger partial charge in [0.05, 0.1) is 46.2 Å². The Morgan fingerprint density at radius 3 is 1.59 bits per heavy atom. The Labute approximate surface area is 284 Å². The zero-order valence-corrected chi connectivity index (χ0v) is 28.6. The molecule has 0 aromatic heterocycles. The summed E-state index contributed by atoms with van der Waals surface area (Å²) in [5.74, 6) is -7.13. The van der Waals surface area contributed by atoms with Crippen molar-refractivity contribution < 1.29 is 60.4 Å². The summed E-state index contributed by atoms with van der Waals surface area (Å²) in [5, 5.41) is 0. The molecule has 0 amide bonds. The van der Waals surface area contributed by atoms with E-state index in [0.29, 0.717) is 11.1 Å². The summed E-state index contributed by atoms with van der Waals surface area (Å²) >= 11 is 0. The van der Waals surface area contributed by atoms with Crippen molar-refractivity contribution in [2.24, 2.45) is 0 Å². The quantitative estimate of drug-likeness (QED) is 0.0930. The minimum absolute atomic E-state index is 0.0114. The molecule has 1 fully saturated rings. The van der Waals surface area contributed by atoms with E-state index in [1.807, 2.05) is 30.3 Å². The van der Waals surface area contributed by atoms with Gasteiger partial charge >= 0.3 is 31.0 Å². The number of halogens is 2. The highest BCUT2D eigenvalue weighted by molar-refractivity contribution is 7.55. The van der Waals surface area contributed by atoms with Crippen LogP contribution in [0.5, 0.6) is 0 Å². The molecule has 1 saturated heterocycles. The molecule has 1 aliphatic heterocycles. The van der Waals surface area contributed by atoms with Gasteiger partial charge in [0.2, 0.25) is 0 Å². The first kappa shape index (κ1) is 38.3. The Bertz CT molecular complexity index is 1520. The second-order valence-electron chi connectivity index (χ2n) is 11.0. The summed E-state index contributed by atoms with van der Waals surface area (Å²) in [7, 11) is -4.69. The predicted molar refractivity (Wildman–Crippen MR) is 172 cm³/mol. The molecule has 5 atom stereocenters. The molecule has 0 N–H and O–H groups in total. The molecule has 49 heavy (non-hydrogen) atoms. The van der Waals surface area contributed by atoms with Gasteiger partial charge in [-0.05, 0) is 37.5 Å². The highest BCUT2D eigenvalue weighted by atomic mass is 31.2. The average Bonchev–Trinajstić information content (AvgIpc) is 3.10. The van der Waals surface area contributed by atoms with Crippen LogP contribution in [0.1, 0.15) is 37.5 Å². The van der Waals surface area contributed by atoms with Gasteiger partial charge in [-0.1, -0.05) is 91.0 Å². The van der Waals surface area contributed by atoms with Gasteiger partial charge in [0, 0.05) is 0 Å². The van der Waals surface area contributed by atoms with E-state index in [4.69, 9.17) is 32.7 Å². The molecule has 14 heteroatoms. The standard InChI is InChI=1S/C35H41F2O11P/c1-5-45-49(40,46-6-2)35(36,37)34(48-33(39)32(38)41-4)31(44-24-28-20-14-9-15-21-28)30(43-23-27-18-12-8-13-19-27)29(25(3)47-34)42-22-26-16-10-7-11-17-26/h7-21,25,29-31H,5-6,22-24H2,1-4H3/t25-,29-,30+,31+,34+/m0/s1. The molecule has 266 valence electrons. The van der Waals surface area contributed by atoms with Crippen molar-refractivity contribution in [3.05, 3.63) is 108 Å². The molecule has 11 nitrogen and oxygen atoms in total. The van der Waals surface area contributed by atoms with Gasteiger partial charge in [0.1, 0.15) is 12.2 Å². The number of carbonyl (C=O) groups is 2. The van der Waals surface area contributed by atoms with Crippen LogP contribution in [-0.4, -0.2) is 68.1 Å². The molecule has 0 saturated carbocycles. The minimum atomic E-state index is -5.56. The number of methoxy groups -OCH3 is 1. The fraction of sp³-hybridized carbons (Fsp3) is 0.429. The zero-order valence-electron chi connectivity index (χ0n) is 27.7. The maximum Gasteiger partial charge on any atom is 0.420 e. The first-order valence-electron chi connectivity index (χ1n) is 15.7. The predicted octanol–water partition coefficient (Wildman–Crippen LogP) is 6.43. The second-order valence-corrected chi connectivity index (χ2v) is 13.1. The van der Waals surface area contributed by atoms with Crippen molar-refractivity contribution in [3.8, 4) is 0 Å². The van der Waals surface area contributed by atoms with Crippen LogP contribution in [0, 0.1) is 0 Å². The molecule has 0 spiro atoms. The number of ether oxygens (including phenoxy) is 6. The number of carbonyl (C=O) groups excluding carboxylic acids is 2. The van der Waals surface area contributed by atoms with Crippen LogP contribution in [0.25, 0.3) is 0 Å². The smallest absolute Gasteiger partial charge is 0.420 e. The Morgan fingerprint density at radius 2 is 1.16 bits per heavy atom. The third-order valence-electron chi connectivity index (χ3n) is 7.62. The molecule has 0 aliphatic carbocycles. The average molecular weight is 707 g/mol. The van der Waals surface area contributed by atoms with Crippen LogP contribution < -0.4 is 0 Å². The van der Waals surface area contributed by atoms with Gasteiger partial charge in [-0.2, -0.15) is 8.78 Å². The van der Waals surface area contributed by atoms with E-state index in [-0.39, 0.29) is 19.8 Å². The SMILES string of the molecule is CCOP(=O)(OCC)C(F)(F)[C@@]1(OC(=O)C(=O)OC)O[C@@H](C)[C@H](OCc2ccccc2)[C@@H](OCc2ccccc2)[C@H]1OCc1ccccc1. The summed E-state index contributed by atoms with van der Waals surface area (Å²) in [4.78, 5) is 25.5. The number of hydrogen-bond acceptors (Lipinski definition) is 11. The molecule has 3 aromatic carbocycles. The van der Waals surface area contributed by atoms with E-state index in [1.165, 1.54) is 20.8 Å². The molecule has 3 aromatic rings.